The third kappa shape index (κ3) is 4.01. The average molecular weight is 393 g/mol. The number of fused-ring (bicyclic) bond motifs is 1. The first-order valence-electron chi connectivity index (χ1n) is 7.48. The van der Waals surface area contributed by atoms with Crippen LogP contribution in [0.15, 0.2) is 73.6 Å². The van der Waals surface area contributed by atoms with Crippen LogP contribution in [0.25, 0.3) is 11.0 Å². The van der Waals surface area contributed by atoms with Crippen molar-refractivity contribution in [3.63, 3.8) is 0 Å². The zero-order valence-electron chi connectivity index (χ0n) is 13.7. The fraction of sp³-hybridized carbons (Fsp3) is 0.118. The van der Waals surface area contributed by atoms with Gasteiger partial charge >= 0.3 is 5.63 Å². The van der Waals surface area contributed by atoms with Crippen molar-refractivity contribution >= 4 is 30.8 Å². The Bertz CT molecular complexity index is 1230. The van der Waals surface area contributed by atoms with Crippen LogP contribution in [0.3, 0.4) is 0 Å². The van der Waals surface area contributed by atoms with E-state index >= 15 is 0 Å². The summed E-state index contributed by atoms with van der Waals surface area (Å²) in [6.45, 7) is 0.00822. The van der Waals surface area contributed by atoms with Gasteiger partial charge in [-0.05, 0) is 42.0 Å². The Kier molecular flexibility index (Phi) is 4.70. The maximum atomic E-state index is 12.4. The summed E-state index contributed by atoms with van der Waals surface area (Å²) in [5, 5.41) is 0.491. The van der Waals surface area contributed by atoms with Crippen LogP contribution in [0.1, 0.15) is 5.56 Å². The predicted octanol–water partition coefficient (Wildman–Crippen LogP) is 1.68. The van der Waals surface area contributed by atoms with Crippen molar-refractivity contribution in [2.24, 2.45) is 0 Å². The lowest BCUT2D eigenvalue weighted by molar-refractivity contribution is 0.560. The van der Waals surface area contributed by atoms with Gasteiger partial charge in [-0.15, -0.1) is 0 Å². The summed E-state index contributed by atoms with van der Waals surface area (Å²) in [7, 11) is -7.09. The molecule has 1 heterocycles. The first-order chi connectivity index (χ1) is 12.1. The molecule has 0 spiro atoms. The normalized spacial score (nSPS) is 12.3. The van der Waals surface area contributed by atoms with Crippen LogP contribution in [0.2, 0.25) is 0 Å². The van der Waals surface area contributed by atoms with Crippen LogP contribution < -0.4 is 10.3 Å². The molecular formula is C17H15NO6S2. The molecule has 0 aliphatic carbocycles. The molecule has 0 unspecified atom stereocenters. The van der Waals surface area contributed by atoms with Crippen LogP contribution in [0, 0.1) is 0 Å². The third-order valence-corrected chi connectivity index (χ3v) is 6.25. The molecule has 7 nitrogen and oxygen atoms in total. The maximum absolute atomic E-state index is 12.4. The zero-order valence-corrected chi connectivity index (χ0v) is 15.3. The summed E-state index contributed by atoms with van der Waals surface area (Å²) >= 11 is 0. The van der Waals surface area contributed by atoms with E-state index in [4.69, 9.17) is 4.42 Å². The minimum atomic E-state index is -3.79. The van der Waals surface area contributed by atoms with E-state index in [1.807, 2.05) is 0 Å². The molecule has 0 radical (unpaired) electrons. The zero-order chi connectivity index (χ0) is 18.9. The third-order valence-electron chi connectivity index (χ3n) is 3.72. The fourth-order valence-electron chi connectivity index (χ4n) is 2.33. The largest absolute Gasteiger partial charge is 0.423 e. The lowest BCUT2D eigenvalue weighted by atomic mass is 10.2. The minimum absolute atomic E-state index is 0.00822. The Morgan fingerprint density at radius 1 is 0.885 bits per heavy atom. The Hall–Kier alpha value is -2.49. The summed E-state index contributed by atoms with van der Waals surface area (Å²) < 4.78 is 55.2. The second-order valence-corrected chi connectivity index (χ2v) is 9.48. The lowest BCUT2D eigenvalue weighted by Gasteiger charge is -2.08. The molecule has 26 heavy (non-hydrogen) atoms. The molecule has 3 aromatic rings. The SMILES string of the molecule is CS(=O)(=O)c1ccc(CNS(=O)(=O)c2ccc3oc(=O)ccc3c2)cc1. The fourth-order valence-corrected chi connectivity index (χ4v) is 4.02. The van der Waals surface area contributed by atoms with E-state index in [1.54, 1.807) is 12.1 Å². The number of nitrogens with one attached hydrogen (secondary N) is 1. The summed E-state index contributed by atoms with van der Waals surface area (Å²) in [6.07, 6.45) is 1.10. The number of sulfonamides is 1. The summed E-state index contributed by atoms with van der Waals surface area (Å²) in [5.74, 6) is 0. The maximum Gasteiger partial charge on any atom is 0.336 e. The van der Waals surface area contributed by atoms with Crippen molar-refractivity contribution in [1.82, 2.24) is 4.72 Å². The van der Waals surface area contributed by atoms with E-state index in [0.29, 0.717) is 16.5 Å². The predicted molar refractivity (Wildman–Crippen MR) is 96.1 cm³/mol. The standard InChI is InChI=1S/C17H15NO6S2/c1-25(20,21)14-5-2-12(3-6-14)11-18-26(22,23)15-7-8-16-13(10-15)4-9-17(19)24-16/h2-10,18H,11H2,1H3. The minimum Gasteiger partial charge on any atom is -0.423 e. The highest BCUT2D eigenvalue weighted by molar-refractivity contribution is 7.90. The van der Waals surface area contributed by atoms with Crippen molar-refractivity contribution in [2.45, 2.75) is 16.3 Å². The van der Waals surface area contributed by atoms with Crippen molar-refractivity contribution in [3.05, 3.63) is 70.6 Å². The molecule has 0 fully saturated rings. The van der Waals surface area contributed by atoms with E-state index in [1.165, 1.54) is 42.5 Å². The molecule has 0 amide bonds. The Morgan fingerprint density at radius 2 is 1.54 bits per heavy atom. The molecule has 2 aromatic carbocycles. The Morgan fingerprint density at radius 3 is 2.19 bits per heavy atom. The average Bonchev–Trinajstić information content (AvgIpc) is 2.59. The molecular weight excluding hydrogens is 378 g/mol. The van der Waals surface area contributed by atoms with Gasteiger partial charge in [0.15, 0.2) is 9.84 Å². The van der Waals surface area contributed by atoms with Gasteiger partial charge in [0, 0.05) is 24.3 Å². The van der Waals surface area contributed by atoms with Crippen LogP contribution in [0.4, 0.5) is 0 Å². The second kappa shape index (κ2) is 6.67. The van der Waals surface area contributed by atoms with E-state index in [0.717, 1.165) is 6.26 Å². The van der Waals surface area contributed by atoms with Crippen LogP contribution >= 0.6 is 0 Å². The summed E-state index contributed by atoms with van der Waals surface area (Å²) in [4.78, 5) is 11.4. The molecule has 0 aliphatic heterocycles. The monoisotopic (exact) mass is 393 g/mol. The van der Waals surface area contributed by atoms with Crippen LogP contribution in [0.5, 0.6) is 0 Å². The first-order valence-corrected chi connectivity index (χ1v) is 10.9. The van der Waals surface area contributed by atoms with Crippen LogP contribution in [-0.4, -0.2) is 23.1 Å². The molecule has 0 aliphatic rings. The van der Waals surface area contributed by atoms with Crippen molar-refractivity contribution in [2.75, 3.05) is 6.26 Å². The summed E-state index contributed by atoms with van der Waals surface area (Å²) in [6, 6.07) is 12.8. The number of hydrogen-bond acceptors (Lipinski definition) is 6. The quantitative estimate of drug-likeness (QED) is 0.660. The van der Waals surface area contributed by atoms with Gasteiger partial charge in [-0.25, -0.2) is 26.4 Å². The van der Waals surface area contributed by atoms with Gasteiger partial charge in [0.25, 0.3) is 0 Å². The van der Waals surface area contributed by atoms with E-state index in [-0.39, 0.29) is 16.3 Å². The molecule has 0 saturated carbocycles. The van der Waals surface area contributed by atoms with Gasteiger partial charge < -0.3 is 4.42 Å². The molecule has 0 saturated heterocycles. The molecule has 3 rings (SSSR count). The molecule has 1 aromatic heterocycles. The number of rotatable bonds is 5. The highest BCUT2D eigenvalue weighted by Crippen LogP contribution is 2.18. The molecule has 0 atom stereocenters. The number of benzene rings is 2. The van der Waals surface area contributed by atoms with Gasteiger partial charge in [0.2, 0.25) is 10.0 Å². The Labute approximate surface area is 150 Å². The van der Waals surface area contributed by atoms with Gasteiger partial charge in [0.1, 0.15) is 5.58 Å². The van der Waals surface area contributed by atoms with Gasteiger partial charge in [-0.1, -0.05) is 12.1 Å². The molecule has 1 N–H and O–H groups in total. The Balaban J connectivity index is 1.80. The second-order valence-electron chi connectivity index (χ2n) is 5.69. The molecule has 0 bridgehead atoms. The van der Waals surface area contributed by atoms with E-state index in [2.05, 4.69) is 4.72 Å². The first kappa shape index (κ1) is 18.3. The van der Waals surface area contributed by atoms with Gasteiger partial charge in [0.05, 0.1) is 9.79 Å². The van der Waals surface area contributed by atoms with E-state index in [9.17, 15) is 21.6 Å². The number of sulfone groups is 1. The van der Waals surface area contributed by atoms with Gasteiger partial charge in [-0.3, -0.25) is 0 Å². The highest BCUT2D eigenvalue weighted by atomic mass is 32.2. The number of hydrogen-bond donors (Lipinski definition) is 1. The van der Waals surface area contributed by atoms with Crippen LogP contribution in [-0.2, 0) is 26.4 Å². The van der Waals surface area contributed by atoms with Gasteiger partial charge in [-0.2, -0.15) is 0 Å². The summed E-state index contributed by atoms with van der Waals surface area (Å²) in [5.41, 5.74) is 0.407. The topological polar surface area (TPSA) is 111 Å². The smallest absolute Gasteiger partial charge is 0.336 e. The highest BCUT2D eigenvalue weighted by Gasteiger charge is 2.15. The van der Waals surface area contributed by atoms with E-state index < -0.39 is 25.5 Å². The van der Waals surface area contributed by atoms with Crippen molar-refractivity contribution in [3.8, 4) is 0 Å². The van der Waals surface area contributed by atoms with Crippen molar-refractivity contribution < 1.29 is 21.3 Å². The lowest BCUT2D eigenvalue weighted by Crippen LogP contribution is -2.23. The van der Waals surface area contributed by atoms with Crippen molar-refractivity contribution in [1.29, 1.82) is 0 Å². The molecule has 136 valence electrons. The molecule has 9 heteroatoms.